The quantitative estimate of drug-likeness (QED) is 0.385. The van der Waals surface area contributed by atoms with Gasteiger partial charge in [-0.25, -0.2) is 4.79 Å². The van der Waals surface area contributed by atoms with Crippen LogP contribution in [0.2, 0.25) is 0 Å². The number of aromatic nitrogens is 4. The maximum atomic E-state index is 13.5. The Balaban J connectivity index is 1.40. The minimum atomic E-state index is -0.454. The van der Waals surface area contributed by atoms with E-state index in [4.69, 9.17) is 14.0 Å². The van der Waals surface area contributed by atoms with Crippen LogP contribution in [0.3, 0.4) is 0 Å². The summed E-state index contributed by atoms with van der Waals surface area (Å²) >= 11 is 1.29. The van der Waals surface area contributed by atoms with Crippen molar-refractivity contribution in [3.63, 3.8) is 0 Å². The molecule has 0 bridgehead atoms. The van der Waals surface area contributed by atoms with Crippen LogP contribution in [-0.4, -0.2) is 26.1 Å². The lowest BCUT2D eigenvalue weighted by atomic mass is 10.1. The van der Waals surface area contributed by atoms with E-state index in [1.54, 1.807) is 23.6 Å². The fourth-order valence-corrected chi connectivity index (χ4v) is 4.88. The number of hydrogen-bond donors (Lipinski definition) is 0. The molecule has 0 spiro atoms. The van der Waals surface area contributed by atoms with E-state index in [0.717, 1.165) is 16.7 Å². The number of benzene rings is 2. The van der Waals surface area contributed by atoms with Crippen molar-refractivity contribution in [3.05, 3.63) is 91.8 Å². The molecule has 3 aromatic heterocycles. The van der Waals surface area contributed by atoms with Gasteiger partial charge in [0, 0.05) is 5.56 Å². The Morgan fingerprint density at radius 1 is 1.00 bits per heavy atom. The second-order valence-electron chi connectivity index (χ2n) is 7.91. The molecule has 0 radical (unpaired) electrons. The van der Waals surface area contributed by atoms with Crippen molar-refractivity contribution in [3.8, 4) is 22.9 Å². The highest BCUT2D eigenvalue weighted by atomic mass is 32.1. The SMILES string of the molecule is Cc1ccccc1-c1noc(Cn2c(=O)n(Cc3ccc4c(c3)OCO4)c(=O)c3sccc32)n1. The van der Waals surface area contributed by atoms with E-state index in [-0.39, 0.29) is 31.3 Å². The van der Waals surface area contributed by atoms with Crippen molar-refractivity contribution < 1.29 is 14.0 Å². The third kappa shape index (κ3) is 3.39. The van der Waals surface area contributed by atoms with Crippen LogP contribution >= 0.6 is 11.3 Å². The second-order valence-corrected chi connectivity index (χ2v) is 8.83. The van der Waals surface area contributed by atoms with Crippen LogP contribution in [0.25, 0.3) is 21.6 Å². The molecule has 4 heterocycles. The van der Waals surface area contributed by atoms with E-state index in [1.807, 2.05) is 37.3 Å². The molecule has 0 atom stereocenters. The first-order valence-corrected chi connectivity index (χ1v) is 11.4. The molecule has 0 saturated heterocycles. The van der Waals surface area contributed by atoms with Crippen LogP contribution in [0.15, 0.2) is 68.0 Å². The molecule has 0 aliphatic carbocycles. The standard InChI is InChI=1S/C24H18N4O5S/c1-14-4-2-3-5-16(14)22-25-20(33-26-22)12-27-17-8-9-34-21(17)23(29)28(24(27)30)11-15-6-7-18-19(10-15)32-13-31-18/h2-10H,11-13H2,1H3. The lowest BCUT2D eigenvalue weighted by Crippen LogP contribution is -2.40. The Morgan fingerprint density at radius 3 is 2.74 bits per heavy atom. The highest BCUT2D eigenvalue weighted by Crippen LogP contribution is 2.32. The van der Waals surface area contributed by atoms with Gasteiger partial charge < -0.3 is 14.0 Å². The van der Waals surface area contributed by atoms with Crippen LogP contribution in [0.5, 0.6) is 11.5 Å². The minimum Gasteiger partial charge on any atom is -0.454 e. The van der Waals surface area contributed by atoms with Gasteiger partial charge in [0.1, 0.15) is 11.2 Å². The molecule has 0 unspecified atom stereocenters. The van der Waals surface area contributed by atoms with Crippen molar-refractivity contribution >= 4 is 21.6 Å². The number of aryl methyl sites for hydroxylation is 1. The summed E-state index contributed by atoms with van der Waals surface area (Å²) in [5.41, 5.74) is 2.38. The van der Waals surface area contributed by atoms with E-state index < -0.39 is 5.69 Å². The van der Waals surface area contributed by atoms with Gasteiger partial charge in [0.25, 0.3) is 5.56 Å². The molecule has 0 fully saturated rings. The number of hydrogen-bond acceptors (Lipinski definition) is 8. The van der Waals surface area contributed by atoms with Gasteiger partial charge in [-0.05, 0) is 41.6 Å². The maximum Gasteiger partial charge on any atom is 0.332 e. The van der Waals surface area contributed by atoms with E-state index >= 15 is 0 Å². The van der Waals surface area contributed by atoms with Crippen LogP contribution in [-0.2, 0) is 13.1 Å². The van der Waals surface area contributed by atoms with Gasteiger partial charge in [-0.1, -0.05) is 35.5 Å². The first kappa shape index (κ1) is 20.4. The van der Waals surface area contributed by atoms with Gasteiger partial charge in [0.05, 0.1) is 12.1 Å². The molecule has 9 nitrogen and oxygen atoms in total. The van der Waals surface area contributed by atoms with Crippen LogP contribution in [0, 0.1) is 6.92 Å². The molecule has 6 rings (SSSR count). The highest BCUT2D eigenvalue weighted by Gasteiger charge is 2.19. The summed E-state index contributed by atoms with van der Waals surface area (Å²) < 4.78 is 19.4. The van der Waals surface area contributed by atoms with Crippen molar-refractivity contribution in [1.29, 1.82) is 0 Å². The summed E-state index contributed by atoms with van der Waals surface area (Å²) in [5.74, 6) is 1.97. The predicted octanol–water partition coefficient (Wildman–Crippen LogP) is 3.41. The van der Waals surface area contributed by atoms with E-state index in [1.165, 1.54) is 20.5 Å². The molecule has 34 heavy (non-hydrogen) atoms. The Labute approximate surface area is 196 Å². The van der Waals surface area contributed by atoms with E-state index in [2.05, 4.69) is 10.1 Å². The minimum absolute atomic E-state index is 0.0480. The van der Waals surface area contributed by atoms with Crippen molar-refractivity contribution in [1.82, 2.24) is 19.3 Å². The number of ether oxygens (including phenoxy) is 2. The van der Waals surface area contributed by atoms with Gasteiger partial charge >= 0.3 is 5.69 Å². The van der Waals surface area contributed by atoms with Gasteiger partial charge in [-0.3, -0.25) is 13.9 Å². The van der Waals surface area contributed by atoms with Crippen molar-refractivity contribution in [2.24, 2.45) is 0 Å². The van der Waals surface area contributed by atoms with Gasteiger partial charge in [-0.15, -0.1) is 11.3 Å². The maximum absolute atomic E-state index is 13.5. The Kier molecular flexibility index (Phi) is 4.80. The third-order valence-electron chi connectivity index (χ3n) is 5.76. The van der Waals surface area contributed by atoms with Gasteiger partial charge in [0.15, 0.2) is 11.5 Å². The molecule has 5 aromatic rings. The van der Waals surface area contributed by atoms with Crippen LogP contribution < -0.4 is 20.7 Å². The van der Waals surface area contributed by atoms with Gasteiger partial charge in [-0.2, -0.15) is 4.98 Å². The Hall–Kier alpha value is -4.18. The summed E-state index contributed by atoms with van der Waals surface area (Å²) in [7, 11) is 0. The Morgan fingerprint density at radius 2 is 1.85 bits per heavy atom. The number of thiophene rings is 1. The zero-order chi connectivity index (χ0) is 23.2. The zero-order valence-electron chi connectivity index (χ0n) is 18.1. The topological polar surface area (TPSA) is 101 Å². The van der Waals surface area contributed by atoms with Gasteiger partial charge in [0.2, 0.25) is 18.5 Å². The molecule has 10 heteroatoms. The molecule has 170 valence electrons. The molecule has 0 amide bonds. The Bertz CT molecular complexity index is 1660. The molecule has 2 aromatic carbocycles. The van der Waals surface area contributed by atoms with E-state index in [0.29, 0.717) is 27.5 Å². The monoisotopic (exact) mass is 474 g/mol. The molecular weight excluding hydrogens is 456 g/mol. The molecule has 1 aliphatic rings. The number of rotatable bonds is 5. The third-order valence-corrected chi connectivity index (χ3v) is 6.65. The fraction of sp³-hybridized carbons (Fsp3) is 0.167. The largest absolute Gasteiger partial charge is 0.454 e. The first-order chi connectivity index (χ1) is 16.6. The van der Waals surface area contributed by atoms with E-state index in [9.17, 15) is 9.59 Å². The molecular formula is C24H18N4O5S. The smallest absolute Gasteiger partial charge is 0.332 e. The average molecular weight is 474 g/mol. The fourth-order valence-electron chi connectivity index (χ4n) is 4.03. The van der Waals surface area contributed by atoms with Crippen molar-refractivity contribution in [2.75, 3.05) is 6.79 Å². The normalized spacial score (nSPS) is 12.5. The molecule has 1 aliphatic heterocycles. The van der Waals surface area contributed by atoms with Crippen LogP contribution in [0.1, 0.15) is 17.0 Å². The second kappa shape index (κ2) is 7.99. The predicted molar refractivity (Wildman–Crippen MR) is 126 cm³/mol. The van der Waals surface area contributed by atoms with Crippen LogP contribution in [0.4, 0.5) is 0 Å². The lowest BCUT2D eigenvalue weighted by Gasteiger charge is -2.11. The lowest BCUT2D eigenvalue weighted by molar-refractivity contribution is 0.174. The summed E-state index contributed by atoms with van der Waals surface area (Å²) in [6.07, 6.45) is 0. The number of nitrogens with zero attached hydrogens (tertiary/aromatic N) is 4. The zero-order valence-corrected chi connectivity index (χ0v) is 18.9. The molecule has 0 saturated carbocycles. The summed E-state index contributed by atoms with van der Waals surface area (Å²) in [6.45, 7) is 2.27. The summed E-state index contributed by atoms with van der Waals surface area (Å²) in [6, 6.07) is 14.9. The first-order valence-electron chi connectivity index (χ1n) is 10.6. The van der Waals surface area contributed by atoms with Crippen molar-refractivity contribution in [2.45, 2.75) is 20.0 Å². The highest BCUT2D eigenvalue weighted by molar-refractivity contribution is 7.17. The molecule has 0 N–H and O–H groups in total. The number of fused-ring (bicyclic) bond motifs is 2. The summed E-state index contributed by atoms with van der Waals surface area (Å²) in [4.78, 5) is 31.1. The summed E-state index contributed by atoms with van der Waals surface area (Å²) in [5, 5.41) is 5.88. The average Bonchev–Trinajstić information content (AvgIpc) is 3.60.